The molecule has 1 aliphatic heterocycles. The Morgan fingerprint density at radius 1 is 0.947 bits per heavy atom. The average Bonchev–Trinajstić information content (AvgIpc) is 2.44. The maximum atomic E-state index is 6.33. The Morgan fingerprint density at radius 3 is 2.16 bits per heavy atom. The van der Waals surface area contributed by atoms with E-state index in [9.17, 15) is 0 Å². The van der Waals surface area contributed by atoms with Crippen molar-refractivity contribution in [1.29, 1.82) is 0 Å². The fourth-order valence-electron chi connectivity index (χ4n) is 2.76. The van der Waals surface area contributed by atoms with Gasteiger partial charge >= 0.3 is 0 Å². The molecule has 0 saturated carbocycles. The van der Waals surface area contributed by atoms with Crippen molar-refractivity contribution in [2.45, 2.75) is 12.6 Å². The van der Waals surface area contributed by atoms with Gasteiger partial charge in [-0.2, -0.15) is 0 Å². The van der Waals surface area contributed by atoms with E-state index in [0.29, 0.717) is 5.92 Å². The Balaban J connectivity index is 1.53. The molecule has 0 bridgehead atoms. The van der Waals surface area contributed by atoms with Gasteiger partial charge in [0.05, 0.1) is 0 Å². The van der Waals surface area contributed by atoms with E-state index in [1.54, 1.807) is 0 Å². The van der Waals surface area contributed by atoms with Crippen LogP contribution in [0.1, 0.15) is 17.2 Å². The molecule has 2 N–H and O–H groups in total. The third-order valence-electron chi connectivity index (χ3n) is 3.93. The number of nitrogens with two attached hydrogens (primary N) is 1. The molecule has 2 aromatic carbocycles. The Labute approximate surface area is 114 Å². The predicted octanol–water partition coefficient (Wildman–Crippen LogP) is 2.82. The summed E-state index contributed by atoms with van der Waals surface area (Å²) in [5, 5.41) is 0. The first-order valence-corrected chi connectivity index (χ1v) is 6.90. The first-order chi connectivity index (χ1) is 9.33. The van der Waals surface area contributed by atoms with Gasteiger partial charge in [0.2, 0.25) is 0 Å². The van der Waals surface area contributed by atoms with Gasteiger partial charge in [0.15, 0.2) is 0 Å². The third-order valence-corrected chi connectivity index (χ3v) is 3.93. The van der Waals surface area contributed by atoms with E-state index in [1.165, 1.54) is 11.1 Å². The fraction of sp³-hybridized carbons (Fsp3) is 0.294. The molecule has 0 spiro atoms. The van der Waals surface area contributed by atoms with Crippen LogP contribution in [-0.4, -0.2) is 18.0 Å². The number of rotatable bonds is 4. The Bertz CT molecular complexity index is 503. The van der Waals surface area contributed by atoms with E-state index < -0.39 is 0 Å². The highest BCUT2D eigenvalue weighted by Crippen LogP contribution is 2.28. The van der Waals surface area contributed by atoms with Gasteiger partial charge in [0.1, 0.15) is 0 Å². The molecule has 3 rings (SSSR count). The third kappa shape index (κ3) is 2.86. The molecule has 1 unspecified atom stereocenters. The zero-order valence-electron chi connectivity index (χ0n) is 11.1. The number of hydrogen-bond donors (Lipinski definition) is 1. The zero-order valence-corrected chi connectivity index (χ0v) is 11.1. The molecule has 0 aromatic heterocycles. The normalized spacial score (nSPS) is 17.9. The van der Waals surface area contributed by atoms with Crippen molar-refractivity contribution in [3.63, 3.8) is 0 Å². The van der Waals surface area contributed by atoms with Gasteiger partial charge in [-0.25, -0.2) is 0 Å². The minimum atomic E-state index is 0.174. The van der Waals surface area contributed by atoms with Gasteiger partial charge < -0.3 is 5.73 Å². The molecule has 19 heavy (non-hydrogen) atoms. The van der Waals surface area contributed by atoms with Gasteiger partial charge in [0.25, 0.3) is 0 Å². The molecule has 1 saturated heterocycles. The molecule has 2 heteroatoms. The predicted molar refractivity (Wildman–Crippen MR) is 78.6 cm³/mol. The van der Waals surface area contributed by atoms with Crippen LogP contribution in [0.3, 0.4) is 0 Å². The van der Waals surface area contributed by atoms with Crippen molar-refractivity contribution in [3.05, 3.63) is 71.8 Å². The molecule has 0 aliphatic carbocycles. The van der Waals surface area contributed by atoms with Crippen LogP contribution in [0, 0.1) is 5.92 Å². The lowest BCUT2D eigenvalue weighted by Crippen LogP contribution is -2.50. The summed E-state index contributed by atoms with van der Waals surface area (Å²) >= 11 is 0. The van der Waals surface area contributed by atoms with Gasteiger partial charge in [-0.1, -0.05) is 60.7 Å². The summed E-state index contributed by atoms with van der Waals surface area (Å²) in [6, 6.07) is 21.2. The first-order valence-electron chi connectivity index (χ1n) is 6.90. The smallest absolute Gasteiger partial charge is 0.0348 e. The van der Waals surface area contributed by atoms with Crippen LogP contribution < -0.4 is 5.73 Å². The number of hydrogen-bond acceptors (Lipinski definition) is 2. The van der Waals surface area contributed by atoms with Crippen molar-refractivity contribution in [2.24, 2.45) is 11.7 Å². The Kier molecular flexibility index (Phi) is 3.62. The maximum Gasteiger partial charge on any atom is 0.0348 e. The molecule has 98 valence electrons. The molecular formula is C17H20N2. The van der Waals surface area contributed by atoms with E-state index >= 15 is 0 Å². The molecule has 1 atom stereocenters. The van der Waals surface area contributed by atoms with Crippen molar-refractivity contribution in [3.8, 4) is 0 Å². The summed E-state index contributed by atoms with van der Waals surface area (Å²) in [7, 11) is 0. The second-order valence-electron chi connectivity index (χ2n) is 5.38. The van der Waals surface area contributed by atoms with Crippen LogP contribution in [0.2, 0.25) is 0 Å². The van der Waals surface area contributed by atoms with Crippen molar-refractivity contribution in [1.82, 2.24) is 4.90 Å². The van der Waals surface area contributed by atoms with Crippen LogP contribution in [0.15, 0.2) is 60.7 Å². The molecule has 0 radical (unpaired) electrons. The highest BCUT2D eigenvalue weighted by Gasteiger charge is 2.31. The monoisotopic (exact) mass is 252 g/mol. The lowest BCUT2D eigenvalue weighted by molar-refractivity contribution is 0.0741. The number of likely N-dealkylation sites (tertiary alicyclic amines) is 1. The first kappa shape index (κ1) is 12.4. The van der Waals surface area contributed by atoms with Gasteiger partial charge in [0, 0.05) is 31.6 Å². The SMILES string of the molecule is NC(c1ccccc1)C1CN(Cc2ccccc2)C1. The van der Waals surface area contributed by atoms with Crippen LogP contribution >= 0.6 is 0 Å². The van der Waals surface area contributed by atoms with Crippen molar-refractivity contribution in [2.75, 3.05) is 13.1 Å². The molecule has 1 heterocycles. The summed E-state index contributed by atoms with van der Waals surface area (Å²) in [5.41, 5.74) is 8.97. The van der Waals surface area contributed by atoms with E-state index in [4.69, 9.17) is 5.73 Å². The maximum absolute atomic E-state index is 6.33. The lowest BCUT2D eigenvalue weighted by atomic mass is 9.87. The standard InChI is InChI=1S/C17H20N2/c18-17(15-9-5-2-6-10-15)16-12-19(13-16)11-14-7-3-1-4-8-14/h1-10,16-17H,11-13,18H2. The van der Waals surface area contributed by atoms with E-state index in [1.807, 2.05) is 6.07 Å². The van der Waals surface area contributed by atoms with Crippen LogP contribution in [0.5, 0.6) is 0 Å². The summed E-state index contributed by atoms with van der Waals surface area (Å²) in [6.07, 6.45) is 0. The minimum absolute atomic E-state index is 0.174. The summed E-state index contributed by atoms with van der Waals surface area (Å²) in [5.74, 6) is 0.589. The van der Waals surface area contributed by atoms with E-state index in [-0.39, 0.29) is 6.04 Å². The van der Waals surface area contributed by atoms with Gasteiger partial charge in [-0.3, -0.25) is 4.90 Å². The number of nitrogens with zero attached hydrogens (tertiary/aromatic N) is 1. The van der Waals surface area contributed by atoms with Crippen LogP contribution in [-0.2, 0) is 6.54 Å². The molecule has 1 aliphatic rings. The quantitative estimate of drug-likeness (QED) is 0.906. The molecule has 2 aromatic rings. The average molecular weight is 252 g/mol. The minimum Gasteiger partial charge on any atom is -0.324 e. The highest BCUT2D eigenvalue weighted by molar-refractivity contribution is 5.21. The molecular weight excluding hydrogens is 232 g/mol. The Hall–Kier alpha value is -1.64. The van der Waals surface area contributed by atoms with Gasteiger partial charge in [-0.05, 0) is 11.1 Å². The summed E-state index contributed by atoms with van der Waals surface area (Å²) in [6.45, 7) is 3.24. The summed E-state index contributed by atoms with van der Waals surface area (Å²) < 4.78 is 0. The molecule has 2 nitrogen and oxygen atoms in total. The topological polar surface area (TPSA) is 29.3 Å². The fourth-order valence-corrected chi connectivity index (χ4v) is 2.76. The molecule has 1 fully saturated rings. The zero-order chi connectivity index (χ0) is 13.1. The lowest BCUT2D eigenvalue weighted by Gasteiger charge is -2.42. The second-order valence-corrected chi connectivity index (χ2v) is 5.38. The highest BCUT2D eigenvalue weighted by atomic mass is 15.2. The van der Waals surface area contributed by atoms with E-state index in [0.717, 1.165) is 19.6 Å². The van der Waals surface area contributed by atoms with E-state index in [2.05, 4.69) is 59.5 Å². The summed E-state index contributed by atoms with van der Waals surface area (Å²) in [4.78, 5) is 2.46. The van der Waals surface area contributed by atoms with Crippen LogP contribution in [0.4, 0.5) is 0 Å². The number of benzene rings is 2. The largest absolute Gasteiger partial charge is 0.324 e. The Morgan fingerprint density at radius 2 is 1.53 bits per heavy atom. The van der Waals surface area contributed by atoms with Crippen LogP contribution in [0.25, 0.3) is 0 Å². The molecule has 0 amide bonds. The van der Waals surface area contributed by atoms with Crippen molar-refractivity contribution < 1.29 is 0 Å². The second kappa shape index (κ2) is 5.55. The van der Waals surface area contributed by atoms with Gasteiger partial charge in [-0.15, -0.1) is 0 Å². The van der Waals surface area contributed by atoms with Crippen molar-refractivity contribution >= 4 is 0 Å².